The Morgan fingerprint density at radius 2 is 1.78 bits per heavy atom. The van der Waals surface area contributed by atoms with Crippen molar-refractivity contribution < 1.29 is 13.2 Å². The van der Waals surface area contributed by atoms with Crippen LogP contribution in [0.3, 0.4) is 0 Å². The standard InChI is InChI=1S/C10H8F3N3O2/c1-15-6-3-7(10(11,12)13)14-4-5(6)8(17)16(2)9(15)18/h3-4H,1-2H3. The smallest absolute Gasteiger partial charge is 0.296 e. The highest BCUT2D eigenvalue weighted by Gasteiger charge is 2.33. The van der Waals surface area contributed by atoms with Crippen molar-refractivity contribution >= 4 is 10.9 Å². The highest BCUT2D eigenvalue weighted by molar-refractivity contribution is 5.77. The second kappa shape index (κ2) is 3.69. The second-order valence-corrected chi connectivity index (χ2v) is 3.79. The summed E-state index contributed by atoms with van der Waals surface area (Å²) >= 11 is 0. The molecule has 96 valence electrons. The van der Waals surface area contributed by atoms with Crippen LogP contribution in [-0.4, -0.2) is 14.1 Å². The molecule has 5 nitrogen and oxygen atoms in total. The normalized spacial score (nSPS) is 12.1. The maximum absolute atomic E-state index is 12.5. The van der Waals surface area contributed by atoms with E-state index in [2.05, 4.69) is 4.98 Å². The molecule has 0 aromatic carbocycles. The van der Waals surface area contributed by atoms with Gasteiger partial charge in [0.15, 0.2) is 0 Å². The fourth-order valence-electron chi connectivity index (χ4n) is 1.64. The van der Waals surface area contributed by atoms with E-state index in [1.165, 1.54) is 14.1 Å². The van der Waals surface area contributed by atoms with E-state index in [-0.39, 0.29) is 10.9 Å². The first-order valence-corrected chi connectivity index (χ1v) is 4.86. The number of hydrogen-bond acceptors (Lipinski definition) is 3. The van der Waals surface area contributed by atoms with Crippen molar-refractivity contribution in [1.29, 1.82) is 0 Å². The van der Waals surface area contributed by atoms with Crippen molar-refractivity contribution in [2.75, 3.05) is 0 Å². The SMILES string of the molecule is Cn1c(=O)c2cnc(C(F)(F)F)cc2n(C)c1=O. The summed E-state index contributed by atoms with van der Waals surface area (Å²) in [6, 6.07) is 0.693. The Bertz CT molecular complexity index is 743. The average Bonchev–Trinajstić information content (AvgIpc) is 2.32. The first-order valence-electron chi connectivity index (χ1n) is 4.86. The molecule has 0 aliphatic rings. The molecule has 0 bridgehead atoms. The van der Waals surface area contributed by atoms with Crippen molar-refractivity contribution in [3.05, 3.63) is 38.8 Å². The van der Waals surface area contributed by atoms with Gasteiger partial charge in [0, 0.05) is 20.3 Å². The summed E-state index contributed by atoms with van der Waals surface area (Å²) in [5, 5.41) is -0.0346. The Morgan fingerprint density at radius 3 is 2.33 bits per heavy atom. The molecule has 0 aliphatic heterocycles. The Labute approximate surface area is 98.1 Å². The molecule has 0 radical (unpaired) electrons. The van der Waals surface area contributed by atoms with Gasteiger partial charge in [0.1, 0.15) is 5.69 Å². The maximum atomic E-state index is 12.5. The molecule has 2 heterocycles. The molecule has 2 aromatic rings. The molecule has 0 N–H and O–H groups in total. The van der Waals surface area contributed by atoms with Gasteiger partial charge in [-0.3, -0.25) is 18.9 Å². The highest BCUT2D eigenvalue weighted by atomic mass is 19.4. The minimum Gasteiger partial charge on any atom is -0.296 e. The van der Waals surface area contributed by atoms with E-state index in [0.717, 1.165) is 15.3 Å². The van der Waals surface area contributed by atoms with Crippen molar-refractivity contribution in [2.45, 2.75) is 6.18 Å². The van der Waals surface area contributed by atoms with E-state index in [9.17, 15) is 22.8 Å². The number of hydrogen-bond donors (Lipinski definition) is 0. The number of aromatic nitrogens is 3. The first-order chi connectivity index (χ1) is 8.23. The molecule has 0 saturated heterocycles. The third kappa shape index (κ3) is 1.69. The van der Waals surface area contributed by atoms with E-state index in [1.54, 1.807) is 0 Å². The van der Waals surface area contributed by atoms with E-state index in [1.807, 2.05) is 0 Å². The van der Waals surface area contributed by atoms with Crippen LogP contribution in [0.5, 0.6) is 0 Å². The number of halogens is 3. The van der Waals surface area contributed by atoms with Gasteiger partial charge in [-0.2, -0.15) is 13.2 Å². The molecule has 2 aromatic heterocycles. The second-order valence-electron chi connectivity index (χ2n) is 3.79. The van der Waals surface area contributed by atoms with Crippen LogP contribution in [0.4, 0.5) is 13.2 Å². The molecule has 0 fully saturated rings. The summed E-state index contributed by atoms with van der Waals surface area (Å²) in [6.07, 6.45) is -3.79. The van der Waals surface area contributed by atoms with Gasteiger partial charge in [0.25, 0.3) is 5.56 Å². The van der Waals surface area contributed by atoms with Crippen LogP contribution in [0, 0.1) is 0 Å². The zero-order valence-corrected chi connectivity index (χ0v) is 9.45. The minimum atomic E-state index is -4.62. The Balaban J connectivity index is 2.96. The van der Waals surface area contributed by atoms with Crippen LogP contribution < -0.4 is 11.2 Å². The lowest BCUT2D eigenvalue weighted by Gasteiger charge is -2.10. The average molecular weight is 259 g/mol. The number of rotatable bonds is 0. The lowest BCUT2D eigenvalue weighted by atomic mass is 10.2. The van der Waals surface area contributed by atoms with Gasteiger partial charge in [-0.1, -0.05) is 0 Å². The largest absolute Gasteiger partial charge is 0.433 e. The Kier molecular flexibility index (Phi) is 2.53. The minimum absolute atomic E-state index is 0.0346. The molecule has 18 heavy (non-hydrogen) atoms. The van der Waals surface area contributed by atoms with Gasteiger partial charge in [0.2, 0.25) is 0 Å². The summed E-state index contributed by atoms with van der Waals surface area (Å²) < 4.78 is 39.3. The quantitative estimate of drug-likeness (QED) is 0.698. The number of alkyl halides is 3. The maximum Gasteiger partial charge on any atom is 0.433 e. The molecule has 2 rings (SSSR count). The first kappa shape index (κ1) is 12.3. The summed E-state index contributed by atoms with van der Waals surface area (Å²) in [4.78, 5) is 26.5. The fourth-order valence-corrected chi connectivity index (χ4v) is 1.64. The van der Waals surface area contributed by atoms with Crippen LogP contribution >= 0.6 is 0 Å². The molecule has 0 aliphatic carbocycles. The molecular formula is C10H8F3N3O2. The Morgan fingerprint density at radius 1 is 1.17 bits per heavy atom. The molecule has 0 amide bonds. The van der Waals surface area contributed by atoms with Gasteiger partial charge >= 0.3 is 11.9 Å². The van der Waals surface area contributed by atoms with Gasteiger partial charge in [-0.15, -0.1) is 0 Å². The molecule has 0 spiro atoms. The number of nitrogens with zero attached hydrogens (tertiary/aromatic N) is 3. The number of pyridine rings is 1. The predicted molar refractivity (Wildman–Crippen MR) is 57.2 cm³/mol. The summed E-state index contributed by atoms with van der Waals surface area (Å²) in [6.45, 7) is 0. The van der Waals surface area contributed by atoms with Crippen molar-refractivity contribution in [1.82, 2.24) is 14.1 Å². The summed E-state index contributed by atoms with van der Waals surface area (Å²) in [7, 11) is 2.55. The van der Waals surface area contributed by atoms with Crippen molar-refractivity contribution in [2.24, 2.45) is 14.1 Å². The number of aryl methyl sites for hydroxylation is 1. The van der Waals surface area contributed by atoms with E-state index in [4.69, 9.17) is 0 Å². The van der Waals surface area contributed by atoms with Crippen molar-refractivity contribution in [3.63, 3.8) is 0 Å². The molecule has 0 unspecified atom stereocenters. The van der Waals surface area contributed by atoms with Gasteiger partial charge < -0.3 is 0 Å². The van der Waals surface area contributed by atoms with E-state index < -0.39 is 23.1 Å². The molecular weight excluding hydrogens is 251 g/mol. The summed E-state index contributed by atoms with van der Waals surface area (Å²) in [5.74, 6) is 0. The van der Waals surface area contributed by atoms with Gasteiger partial charge in [-0.25, -0.2) is 4.79 Å². The van der Waals surface area contributed by atoms with E-state index in [0.29, 0.717) is 6.07 Å². The van der Waals surface area contributed by atoms with Crippen LogP contribution in [0.1, 0.15) is 5.69 Å². The molecule has 0 atom stereocenters. The van der Waals surface area contributed by atoms with E-state index >= 15 is 0 Å². The Hall–Kier alpha value is -2.12. The third-order valence-corrected chi connectivity index (χ3v) is 2.64. The van der Waals surface area contributed by atoms with Gasteiger partial charge in [-0.05, 0) is 6.07 Å². The molecule has 0 saturated carbocycles. The topological polar surface area (TPSA) is 56.9 Å². The van der Waals surface area contributed by atoms with Crippen LogP contribution in [0.2, 0.25) is 0 Å². The highest BCUT2D eigenvalue weighted by Crippen LogP contribution is 2.28. The van der Waals surface area contributed by atoms with Crippen LogP contribution in [-0.2, 0) is 20.3 Å². The van der Waals surface area contributed by atoms with Gasteiger partial charge in [0.05, 0.1) is 10.9 Å². The van der Waals surface area contributed by atoms with Crippen LogP contribution in [0.15, 0.2) is 21.9 Å². The predicted octanol–water partition coefficient (Wildman–Crippen LogP) is 0.651. The zero-order chi connectivity index (χ0) is 13.7. The molecule has 8 heteroatoms. The fraction of sp³-hybridized carbons (Fsp3) is 0.300. The lowest BCUT2D eigenvalue weighted by Crippen LogP contribution is -2.37. The monoisotopic (exact) mass is 259 g/mol. The number of fused-ring (bicyclic) bond motifs is 1. The summed E-state index contributed by atoms with van der Waals surface area (Å²) in [5.41, 5.74) is -2.59. The van der Waals surface area contributed by atoms with Crippen molar-refractivity contribution in [3.8, 4) is 0 Å². The third-order valence-electron chi connectivity index (χ3n) is 2.64. The van der Waals surface area contributed by atoms with Crippen LogP contribution in [0.25, 0.3) is 10.9 Å². The lowest BCUT2D eigenvalue weighted by molar-refractivity contribution is -0.141. The zero-order valence-electron chi connectivity index (χ0n) is 9.45.